The van der Waals surface area contributed by atoms with Crippen LogP contribution in [-0.4, -0.2) is 64.4 Å². The number of carbonyl (C=O) groups is 1. The molecule has 34 heavy (non-hydrogen) atoms. The summed E-state index contributed by atoms with van der Waals surface area (Å²) in [7, 11) is 1.65. The first kappa shape index (κ1) is 21.3. The van der Waals surface area contributed by atoms with Crippen LogP contribution in [0, 0.1) is 5.41 Å². The van der Waals surface area contributed by atoms with E-state index in [1.807, 2.05) is 17.0 Å². The van der Waals surface area contributed by atoms with Crippen molar-refractivity contribution < 1.29 is 14.3 Å². The molecule has 4 aromatic rings. The van der Waals surface area contributed by atoms with Gasteiger partial charge in [0.2, 0.25) is 5.91 Å². The summed E-state index contributed by atoms with van der Waals surface area (Å²) in [4.78, 5) is 26.7. The summed E-state index contributed by atoms with van der Waals surface area (Å²) in [6.45, 7) is 4.70. The van der Waals surface area contributed by atoms with Gasteiger partial charge < -0.3 is 19.7 Å². The summed E-state index contributed by atoms with van der Waals surface area (Å²) in [6, 6.07) is 3.93. The lowest BCUT2D eigenvalue weighted by atomic mass is 9.74. The Morgan fingerprint density at radius 3 is 2.97 bits per heavy atom. The molecule has 6 rings (SSSR count). The molecule has 2 aliphatic rings. The quantitative estimate of drug-likeness (QED) is 0.461. The van der Waals surface area contributed by atoms with E-state index in [-0.39, 0.29) is 5.91 Å². The lowest BCUT2D eigenvalue weighted by molar-refractivity contribution is -0.146. The van der Waals surface area contributed by atoms with Crippen LogP contribution < -0.4 is 10.1 Å². The minimum Gasteiger partial charge on any atom is -0.494 e. The van der Waals surface area contributed by atoms with Gasteiger partial charge in [-0.25, -0.2) is 9.97 Å². The largest absolute Gasteiger partial charge is 0.494 e. The molecular formula is C24H26N6O3S. The maximum Gasteiger partial charge on any atom is 0.229 e. The second-order valence-electron chi connectivity index (χ2n) is 9.18. The highest BCUT2D eigenvalue weighted by molar-refractivity contribution is 7.19. The number of aromatic amines is 1. The molecular weight excluding hydrogens is 452 g/mol. The molecule has 1 amide bonds. The number of H-pyrrole nitrogens is 1. The molecule has 2 N–H and O–H groups in total. The van der Waals surface area contributed by atoms with Crippen LogP contribution in [0.2, 0.25) is 0 Å². The number of ether oxygens (including phenoxy) is 2. The van der Waals surface area contributed by atoms with E-state index in [1.165, 1.54) is 10.4 Å². The van der Waals surface area contributed by atoms with Crippen LogP contribution in [0.5, 0.6) is 5.75 Å². The van der Waals surface area contributed by atoms with Gasteiger partial charge in [0.1, 0.15) is 22.7 Å². The Morgan fingerprint density at radius 2 is 2.15 bits per heavy atom. The molecule has 3 aromatic heterocycles. The fourth-order valence-corrected chi connectivity index (χ4v) is 6.45. The number of amides is 1. The molecule has 10 heteroatoms. The molecule has 176 valence electrons. The maximum atomic E-state index is 13.4. The Hall–Kier alpha value is -3.24. The number of morpholine rings is 1. The minimum atomic E-state index is -0.401. The number of benzene rings is 1. The first-order valence-electron chi connectivity index (χ1n) is 11.5. The molecule has 9 nitrogen and oxygen atoms in total. The number of methoxy groups -OCH3 is 1. The lowest BCUT2D eigenvalue weighted by Crippen LogP contribution is -2.49. The second-order valence-corrected chi connectivity index (χ2v) is 10.3. The highest BCUT2D eigenvalue weighted by Gasteiger charge is 2.41. The van der Waals surface area contributed by atoms with Crippen LogP contribution in [0.3, 0.4) is 0 Å². The molecule has 1 atom stereocenters. The van der Waals surface area contributed by atoms with Crippen LogP contribution in [0.1, 0.15) is 23.8 Å². The smallest absolute Gasteiger partial charge is 0.229 e. The van der Waals surface area contributed by atoms with E-state index in [2.05, 4.69) is 32.4 Å². The van der Waals surface area contributed by atoms with Gasteiger partial charge in [-0.1, -0.05) is 6.92 Å². The summed E-state index contributed by atoms with van der Waals surface area (Å²) in [6.07, 6.45) is 5.73. The summed E-state index contributed by atoms with van der Waals surface area (Å²) in [5.74, 6) is 1.70. The number of hydrogen-bond acceptors (Lipinski definition) is 8. The number of carbonyl (C=O) groups excluding carboxylic acids is 1. The number of hydrogen-bond donors (Lipinski definition) is 2. The normalized spacial score (nSPS) is 20.5. The summed E-state index contributed by atoms with van der Waals surface area (Å²) in [5.41, 5.74) is 2.58. The zero-order valence-electron chi connectivity index (χ0n) is 19.2. The van der Waals surface area contributed by atoms with Crippen LogP contribution in [0.4, 0.5) is 11.5 Å². The van der Waals surface area contributed by atoms with Crippen LogP contribution >= 0.6 is 11.3 Å². The van der Waals surface area contributed by atoms with Crippen molar-refractivity contribution in [3.63, 3.8) is 0 Å². The minimum absolute atomic E-state index is 0.237. The molecule has 0 bridgehead atoms. The average Bonchev–Trinajstić information content (AvgIpc) is 3.47. The van der Waals surface area contributed by atoms with Crippen LogP contribution in [0.15, 0.2) is 24.7 Å². The summed E-state index contributed by atoms with van der Waals surface area (Å²) >= 11 is 1.67. The van der Waals surface area contributed by atoms with E-state index >= 15 is 0 Å². The van der Waals surface area contributed by atoms with Gasteiger partial charge in [-0.05, 0) is 30.9 Å². The zero-order valence-corrected chi connectivity index (χ0v) is 20.0. The van der Waals surface area contributed by atoms with Crippen molar-refractivity contribution in [2.24, 2.45) is 5.41 Å². The second kappa shape index (κ2) is 8.21. The van der Waals surface area contributed by atoms with Gasteiger partial charge in [-0.2, -0.15) is 5.10 Å². The van der Waals surface area contributed by atoms with E-state index in [1.54, 1.807) is 31.0 Å². The Kier molecular flexibility index (Phi) is 5.14. The topological polar surface area (TPSA) is 105 Å². The van der Waals surface area contributed by atoms with Gasteiger partial charge in [-0.3, -0.25) is 9.89 Å². The maximum absolute atomic E-state index is 13.4. The highest BCUT2D eigenvalue weighted by Crippen LogP contribution is 2.45. The molecule has 1 aliphatic carbocycles. The predicted molar refractivity (Wildman–Crippen MR) is 131 cm³/mol. The Bertz CT molecular complexity index is 1390. The number of nitrogens with one attached hydrogen (secondary N) is 2. The standard InChI is InChI=1S/C24H26N6O3S/c1-24(23(31)30-5-7-33-8-6-30)4-3-15-19(11-24)34-22-20(15)21(25-13-26-22)28-17-9-14-12-27-29-16(14)10-18(17)32-2/h9-10,12-13H,3-8,11H2,1-2H3,(H,27,29)(H,25,26,28)/t24-/m1/s1. The highest BCUT2D eigenvalue weighted by atomic mass is 32.1. The first-order chi connectivity index (χ1) is 16.6. The van der Waals surface area contributed by atoms with Crippen LogP contribution in [0.25, 0.3) is 21.1 Å². The monoisotopic (exact) mass is 478 g/mol. The number of aromatic nitrogens is 4. The summed E-state index contributed by atoms with van der Waals surface area (Å²) in [5, 5.41) is 12.6. The third-order valence-corrected chi connectivity index (χ3v) is 8.12. The Labute approximate surface area is 200 Å². The van der Waals surface area contributed by atoms with E-state index in [0.717, 1.165) is 51.9 Å². The van der Waals surface area contributed by atoms with Crippen molar-refractivity contribution in [1.29, 1.82) is 0 Å². The van der Waals surface area contributed by atoms with E-state index in [9.17, 15) is 4.79 Å². The average molecular weight is 479 g/mol. The number of rotatable bonds is 4. The van der Waals surface area contributed by atoms with Gasteiger partial charge in [-0.15, -0.1) is 11.3 Å². The Morgan fingerprint density at radius 1 is 1.29 bits per heavy atom. The predicted octanol–water partition coefficient (Wildman–Crippen LogP) is 3.67. The van der Waals surface area contributed by atoms with E-state index < -0.39 is 5.41 Å². The molecule has 0 saturated carbocycles. The van der Waals surface area contributed by atoms with E-state index in [0.29, 0.717) is 32.1 Å². The van der Waals surface area contributed by atoms with Gasteiger partial charge >= 0.3 is 0 Å². The van der Waals surface area contributed by atoms with Crippen molar-refractivity contribution in [1.82, 2.24) is 25.1 Å². The summed E-state index contributed by atoms with van der Waals surface area (Å²) < 4.78 is 11.0. The van der Waals surface area contributed by atoms with Crippen LogP contribution in [-0.2, 0) is 22.4 Å². The molecule has 4 heterocycles. The lowest BCUT2D eigenvalue weighted by Gasteiger charge is -2.38. The molecule has 0 spiro atoms. The molecule has 0 radical (unpaired) electrons. The third kappa shape index (κ3) is 3.48. The molecule has 0 unspecified atom stereocenters. The van der Waals surface area contributed by atoms with Gasteiger partial charge in [0.05, 0.1) is 48.5 Å². The number of aryl methyl sites for hydroxylation is 1. The molecule has 1 saturated heterocycles. The number of thiophene rings is 1. The van der Waals surface area contributed by atoms with Crippen molar-refractivity contribution in [2.75, 3.05) is 38.7 Å². The molecule has 1 aliphatic heterocycles. The van der Waals surface area contributed by atoms with Gasteiger partial charge in [0.15, 0.2) is 0 Å². The fourth-order valence-electron chi connectivity index (χ4n) is 5.08. The molecule has 1 aromatic carbocycles. The molecule has 1 fully saturated rings. The van der Waals surface area contributed by atoms with Gasteiger partial charge in [0, 0.05) is 29.4 Å². The number of fused-ring (bicyclic) bond motifs is 4. The van der Waals surface area contributed by atoms with Crippen molar-refractivity contribution in [2.45, 2.75) is 26.2 Å². The Balaban J connectivity index is 1.35. The third-order valence-electron chi connectivity index (χ3n) is 6.98. The number of anilines is 2. The zero-order chi connectivity index (χ0) is 23.3. The van der Waals surface area contributed by atoms with Crippen molar-refractivity contribution in [3.8, 4) is 5.75 Å². The number of nitrogens with zero attached hydrogens (tertiary/aromatic N) is 4. The SMILES string of the molecule is COc1cc2[nH]ncc2cc1Nc1ncnc2sc3c(c12)CC[C@@](C)(C(=O)N1CCOCC1)C3. The van der Waals surface area contributed by atoms with E-state index in [4.69, 9.17) is 9.47 Å². The fraction of sp³-hybridized carbons (Fsp3) is 0.417. The first-order valence-corrected chi connectivity index (χ1v) is 12.3. The van der Waals surface area contributed by atoms with Gasteiger partial charge in [0.25, 0.3) is 0 Å². The van der Waals surface area contributed by atoms with Crippen molar-refractivity contribution in [3.05, 3.63) is 35.1 Å². The van der Waals surface area contributed by atoms with Crippen molar-refractivity contribution >= 4 is 49.9 Å².